The van der Waals surface area contributed by atoms with E-state index in [9.17, 15) is 30.8 Å². The van der Waals surface area contributed by atoms with Gasteiger partial charge in [-0.15, -0.1) is 0 Å². The van der Waals surface area contributed by atoms with Crippen molar-refractivity contribution in [2.45, 2.75) is 42.8 Å². The summed E-state index contributed by atoms with van der Waals surface area (Å²) in [5.74, 6) is -1.58. The molecule has 1 aliphatic rings. The summed E-state index contributed by atoms with van der Waals surface area (Å²) in [4.78, 5) is 12.0. The van der Waals surface area contributed by atoms with Gasteiger partial charge in [0.15, 0.2) is 9.84 Å². The monoisotopic (exact) mass is 477 g/mol. The predicted molar refractivity (Wildman–Crippen MR) is 108 cm³/mol. The van der Waals surface area contributed by atoms with Gasteiger partial charge >= 0.3 is 6.18 Å². The second-order valence-corrected chi connectivity index (χ2v) is 10.1. The van der Waals surface area contributed by atoms with Crippen LogP contribution in [0, 0.1) is 11.7 Å². The fraction of sp³-hybridized carbons (Fsp3) is 0.381. The van der Waals surface area contributed by atoms with Crippen LogP contribution in [-0.2, 0) is 16.0 Å². The first-order valence-electron chi connectivity index (χ1n) is 9.61. The summed E-state index contributed by atoms with van der Waals surface area (Å²) in [6.45, 7) is 0. The Morgan fingerprint density at radius 1 is 1.06 bits per heavy atom. The number of hydrogen-bond acceptors (Lipinski definition) is 3. The number of alkyl halides is 3. The lowest BCUT2D eigenvalue weighted by Crippen LogP contribution is -2.38. The number of rotatable bonds is 5. The average Bonchev–Trinajstić information content (AvgIpc) is 2.68. The summed E-state index contributed by atoms with van der Waals surface area (Å²) in [7, 11) is -3.88. The molecule has 0 radical (unpaired) electrons. The average molecular weight is 478 g/mol. The summed E-state index contributed by atoms with van der Waals surface area (Å²) in [5, 5.41) is 2.90. The maximum atomic E-state index is 13.4. The van der Waals surface area contributed by atoms with Crippen LogP contribution in [0.5, 0.6) is 0 Å². The Labute approximate surface area is 182 Å². The number of hydrogen-bond donors (Lipinski definition) is 1. The molecule has 0 unspecified atom stereocenters. The second-order valence-electron chi connectivity index (χ2n) is 7.66. The number of amides is 1. The standard InChI is InChI=1S/C21H20ClF4NO3S/c22-16-8-14(9-17(23)11-16)20(28)27-18-6-4-13(5-7-18)12-31(29,30)19-3-1-2-15(10-19)21(24,25)26/h1-3,8-11,13,18H,4-7,12H2,(H,27,28). The fourth-order valence-electron chi connectivity index (χ4n) is 3.70. The van der Waals surface area contributed by atoms with Gasteiger partial charge in [-0.25, -0.2) is 12.8 Å². The molecule has 3 rings (SSSR count). The largest absolute Gasteiger partial charge is 0.416 e. The minimum Gasteiger partial charge on any atom is -0.349 e. The molecule has 0 bridgehead atoms. The van der Waals surface area contributed by atoms with Gasteiger partial charge in [0.25, 0.3) is 5.91 Å². The second kappa shape index (κ2) is 9.16. The molecule has 10 heteroatoms. The van der Waals surface area contributed by atoms with E-state index in [1.807, 2.05) is 0 Å². The van der Waals surface area contributed by atoms with Crippen molar-refractivity contribution in [1.82, 2.24) is 5.32 Å². The first-order chi connectivity index (χ1) is 14.4. The summed E-state index contributed by atoms with van der Waals surface area (Å²) in [5.41, 5.74) is -0.906. The first kappa shape index (κ1) is 23.5. The van der Waals surface area contributed by atoms with E-state index in [2.05, 4.69) is 5.32 Å². The van der Waals surface area contributed by atoms with E-state index in [1.165, 1.54) is 12.1 Å². The summed E-state index contributed by atoms with van der Waals surface area (Å²) in [6.07, 6.45) is -2.61. The van der Waals surface area contributed by atoms with E-state index in [0.29, 0.717) is 31.7 Å². The van der Waals surface area contributed by atoms with E-state index < -0.39 is 33.3 Å². The quantitative estimate of drug-likeness (QED) is 0.597. The Hall–Kier alpha value is -2.13. The number of carbonyl (C=O) groups excluding carboxylic acids is 1. The van der Waals surface area contributed by atoms with Gasteiger partial charge < -0.3 is 5.32 Å². The van der Waals surface area contributed by atoms with Crippen LogP contribution >= 0.6 is 11.6 Å². The molecule has 2 aromatic carbocycles. The third-order valence-electron chi connectivity index (χ3n) is 5.28. The zero-order valence-corrected chi connectivity index (χ0v) is 17.8. The normalized spacial score (nSPS) is 19.8. The maximum absolute atomic E-state index is 13.4. The molecule has 0 spiro atoms. The minimum atomic E-state index is -4.62. The Morgan fingerprint density at radius 2 is 1.74 bits per heavy atom. The van der Waals surface area contributed by atoms with Gasteiger partial charge in [-0.3, -0.25) is 4.79 Å². The third-order valence-corrected chi connectivity index (χ3v) is 7.38. The predicted octanol–water partition coefficient (Wildman–Crippen LogP) is 5.26. The molecule has 1 amide bonds. The van der Waals surface area contributed by atoms with E-state index in [1.54, 1.807) is 0 Å². The van der Waals surface area contributed by atoms with Gasteiger partial charge in [0.1, 0.15) is 5.82 Å². The van der Waals surface area contributed by atoms with E-state index in [-0.39, 0.29) is 33.2 Å². The third kappa shape index (κ3) is 6.20. The van der Waals surface area contributed by atoms with Gasteiger partial charge in [0.05, 0.1) is 16.2 Å². The van der Waals surface area contributed by atoms with E-state index >= 15 is 0 Å². The number of nitrogens with one attached hydrogen (secondary N) is 1. The molecule has 1 fully saturated rings. The minimum absolute atomic E-state index is 0.0965. The highest BCUT2D eigenvalue weighted by Crippen LogP contribution is 2.32. The topological polar surface area (TPSA) is 63.2 Å². The zero-order valence-electron chi connectivity index (χ0n) is 16.3. The molecule has 168 valence electrons. The summed E-state index contributed by atoms with van der Waals surface area (Å²) < 4.78 is 77.2. The Bertz CT molecular complexity index is 1040. The van der Waals surface area contributed by atoms with Gasteiger partial charge in [-0.2, -0.15) is 13.2 Å². The molecule has 1 saturated carbocycles. The van der Waals surface area contributed by atoms with Crippen molar-refractivity contribution >= 4 is 27.3 Å². The zero-order chi connectivity index (χ0) is 22.8. The molecule has 2 aromatic rings. The van der Waals surface area contributed by atoms with Crippen molar-refractivity contribution in [2.24, 2.45) is 5.92 Å². The number of benzene rings is 2. The van der Waals surface area contributed by atoms with E-state index in [4.69, 9.17) is 11.6 Å². The van der Waals surface area contributed by atoms with Gasteiger partial charge in [-0.05, 0) is 68.0 Å². The lowest BCUT2D eigenvalue weighted by Gasteiger charge is -2.29. The number of halogens is 5. The maximum Gasteiger partial charge on any atom is 0.416 e. The number of sulfone groups is 1. The first-order valence-corrected chi connectivity index (χ1v) is 11.6. The molecular formula is C21H20ClF4NO3S. The van der Waals surface area contributed by atoms with Crippen LogP contribution in [0.15, 0.2) is 47.4 Å². The van der Waals surface area contributed by atoms with Crippen molar-refractivity contribution < 1.29 is 30.8 Å². The van der Waals surface area contributed by atoms with Gasteiger partial charge in [0, 0.05) is 16.6 Å². The molecule has 0 heterocycles. The van der Waals surface area contributed by atoms with Gasteiger partial charge in [-0.1, -0.05) is 17.7 Å². The van der Waals surface area contributed by atoms with Crippen LogP contribution in [0.1, 0.15) is 41.6 Å². The SMILES string of the molecule is O=C(NC1CCC(CS(=O)(=O)c2cccc(C(F)(F)F)c2)CC1)c1cc(F)cc(Cl)c1. The molecule has 0 atom stereocenters. The van der Waals surface area contributed by atoms with E-state index in [0.717, 1.165) is 24.3 Å². The van der Waals surface area contributed by atoms with Crippen molar-refractivity contribution in [3.05, 3.63) is 64.4 Å². The van der Waals surface area contributed by atoms with Crippen molar-refractivity contribution in [3.63, 3.8) is 0 Å². The smallest absolute Gasteiger partial charge is 0.349 e. The van der Waals surface area contributed by atoms with Crippen LogP contribution in [0.25, 0.3) is 0 Å². The fourth-order valence-corrected chi connectivity index (χ4v) is 5.66. The van der Waals surface area contributed by atoms with Crippen LogP contribution in [0.2, 0.25) is 5.02 Å². The summed E-state index contributed by atoms with van der Waals surface area (Å²) in [6, 6.07) is 7.06. The lowest BCUT2D eigenvalue weighted by molar-refractivity contribution is -0.137. The molecule has 0 aliphatic heterocycles. The van der Waals surface area contributed by atoms with Crippen molar-refractivity contribution in [3.8, 4) is 0 Å². The number of carbonyl (C=O) groups is 1. The molecule has 0 saturated heterocycles. The molecular weight excluding hydrogens is 458 g/mol. The molecule has 1 N–H and O–H groups in total. The highest BCUT2D eigenvalue weighted by atomic mass is 35.5. The molecule has 4 nitrogen and oxygen atoms in total. The Balaban J connectivity index is 1.58. The molecule has 0 aromatic heterocycles. The molecule has 31 heavy (non-hydrogen) atoms. The lowest BCUT2D eigenvalue weighted by atomic mass is 9.87. The van der Waals surface area contributed by atoms with Crippen LogP contribution in [0.4, 0.5) is 17.6 Å². The van der Waals surface area contributed by atoms with Crippen LogP contribution < -0.4 is 5.32 Å². The Morgan fingerprint density at radius 3 is 2.35 bits per heavy atom. The Kier molecular flexibility index (Phi) is 6.95. The highest BCUT2D eigenvalue weighted by Gasteiger charge is 2.33. The van der Waals surface area contributed by atoms with Crippen molar-refractivity contribution in [2.75, 3.05) is 5.75 Å². The van der Waals surface area contributed by atoms with Crippen LogP contribution in [0.3, 0.4) is 0 Å². The van der Waals surface area contributed by atoms with Crippen molar-refractivity contribution in [1.29, 1.82) is 0 Å². The van der Waals surface area contributed by atoms with Crippen LogP contribution in [-0.4, -0.2) is 26.1 Å². The summed E-state index contributed by atoms with van der Waals surface area (Å²) >= 11 is 5.76. The highest BCUT2D eigenvalue weighted by molar-refractivity contribution is 7.91. The molecule has 1 aliphatic carbocycles. The van der Waals surface area contributed by atoms with Gasteiger partial charge in [0.2, 0.25) is 0 Å².